The highest BCUT2D eigenvalue weighted by Crippen LogP contribution is 1.98. The maximum Gasteiger partial charge on any atom is 0.129 e. The molecule has 0 amide bonds. The maximum absolute atomic E-state index is 4.06. The molecular weight excluding hydrogens is 162 g/mol. The van der Waals surface area contributed by atoms with E-state index in [1.807, 2.05) is 6.92 Å². The van der Waals surface area contributed by atoms with Crippen LogP contribution in [0.1, 0.15) is 6.92 Å². The van der Waals surface area contributed by atoms with E-state index in [9.17, 15) is 0 Å². The molecule has 0 aliphatic rings. The van der Waals surface area contributed by atoms with E-state index in [1.165, 1.54) is 0 Å². The van der Waals surface area contributed by atoms with Gasteiger partial charge in [0.15, 0.2) is 0 Å². The first-order chi connectivity index (χ1) is 5.45. The maximum atomic E-state index is 4.06. The van der Waals surface area contributed by atoms with E-state index in [2.05, 4.69) is 42.7 Å². The molecule has 0 aliphatic carbocycles. The Bertz CT molecular complexity index is 235. The number of aliphatic imine (C=N–C) groups is 1. The van der Waals surface area contributed by atoms with E-state index in [0.29, 0.717) is 6.54 Å². The van der Waals surface area contributed by atoms with E-state index >= 15 is 0 Å². The van der Waals surface area contributed by atoms with E-state index in [1.54, 1.807) is 6.21 Å². The summed E-state index contributed by atoms with van der Waals surface area (Å²) in [7, 11) is -1.23. The zero-order valence-electron chi connectivity index (χ0n) is 8.44. The van der Waals surface area contributed by atoms with Crippen molar-refractivity contribution in [3.05, 3.63) is 12.2 Å². The lowest BCUT2D eigenvalue weighted by molar-refractivity contribution is 1.21. The Hall–Kier alpha value is -0.813. The number of rotatable bonds is 2. The molecule has 0 unspecified atom stereocenters. The van der Waals surface area contributed by atoms with E-state index in [4.69, 9.17) is 0 Å². The molecule has 0 bridgehead atoms. The summed E-state index contributed by atoms with van der Waals surface area (Å²) in [4.78, 5) is 4.06. The number of hydrogen-bond acceptors (Lipinski definition) is 1. The molecule has 1 nitrogen and oxygen atoms in total. The second-order valence-electron chi connectivity index (χ2n) is 3.70. The Morgan fingerprint density at radius 1 is 1.50 bits per heavy atom. The summed E-state index contributed by atoms with van der Waals surface area (Å²) in [5.41, 5.74) is 4.16. The van der Waals surface area contributed by atoms with Gasteiger partial charge in [-0.1, -0.05) is 32.1 Å². The van der Waals surface area contributed by atoms with Crippen LogP contribution in [0.3, 0.4) is 0 Å². The highest BCUT2D eigenvalue weighted by molar-refractivity contribution is 6.83. The lowest BCUT2D eigenvalue weighted by Crippen LogP contribution is -2.16. The molecule has 0 atom stereocenters. The van der Waals surface area contributed by atoms with Crippen LogP contribution in [-0.2, 0) is 0 Å². The SMILES string of the molecule is C=C(C#C[Si](C)(C)C)C/N=C\C. The van der Waals surface area contributed by atoms with Crippen LogP contribution in [0, 0.1) is 11.5 Å². The molecule has 0 aromatic rings. The van der Waals surface area contributed by atoms with E-state index < -0.39 is 8.07 Å². The van der Waals surface area contributed by atoms with Gasteiger partial charge in [0.25, 0.3) is 0 Å². The van der Waals surface area contributed by atoms with Crippen LogP contribution in [0.5, 0.6) is 0 Å². The normalized spacial score (nSPS) is 11.0. The first kappa shape index (κ1) is 11.2. The van der Waals surface area contributed by atoms with Crippen LogP contribution in [0.4, 0.5) is 0 Å². The van der Waals surface area contributed by atoms with Gasteiger partial charge in [0.1, 0.15) is 8.07 Å². The first-order valence-electron chi connectivity index (χ1n) is 4.11. The predicted molar refractivity (Wildman–Crippen MR) is 59.3 cm³/mol. The van der Waals surface area contributed by atoms with Crippen molar-refractivity contribution in [3.8, 4) is 11.5 Å². The smallest absolute Gasteiger partial charge is 0.129 e. The van der Waals surface area contributed by atoms with E-state index in [0.717, 1.165) is 5.57 Å². The third-order valence-electron chi connectivity index (χ3n) is 1.08. The topological polar surface area (TPSA) is 12.4 Å². The Labute approximate surface area is 76.6 Å². The fraction of sp³-hybridized carbons (Fsp3) is 0.500. The molecule has 66 valence electrons. The van der Waals surface area contributed by atoms with Crippen LogP contribution in [0.15, 0.2) is 17.1 Å². The monoisotopic (exact) mass is 179 g/mol. The van der Waals surface area contributed by atoms with Gasteiger partial charge in [-0.25, -0.2) is 0 Å². The zero-order valence-corrected chi connectivity index (χ0v) is 9.44. The minimum absolute atomic E-state index is 0.647. The van der Waals surface area contributed by atoms with E-state index in [-0.39, 0.29) is 0 Å². The predicted octanol–water partition coefficient (Wildman–Crippen LogP) is 2.51. The summed E-state index contributed by atoms with van der Waals surface area (Å²) in [6.07, 6.45) is 1.78. The van der Waals surface area contributed by atoms with Crippen molar-refractivity contribution in [1.29, 1.82) is 0 Å². The Kier molecular flexibility index (Phi) is 4.61. The largest absolute Gasteiger partial charge is 0.292 e. The summed E-state index contributed by atoms with van der Waals surface area (Å²) in [5, 5.41) is 0. The van der Waals surface area contributed by atoms with Crippen molar-refractivity contribution in [2.45, 2.75) is 26.6 Å². The second kappa shape index (κ2) is 4.94. The molecular formula is C10H17NSi. The van der Waals surface area contributed by atoms with Gasteiger partial charge in [-0.15, -0.1) is 5.54 Å². The average molecular weight is 179 g/mol. The second-order valence-corrected chi connectivity index (χ2v) is 8.45. The highest BCUT2D eigenvalue weighted by Gasteiger charge is 2.07. The van der Waals surface area contributed by atoms with Gasteiger partial charge in [-0.2, -0.15) is 0 Å². The molecule has 0 saturated carbocycles. The van der Waals surface area contributed by atoms with Crippen molar-refractivity contribution < 1.29 is 0 Å². The lowest BCUT2D eigenvalue weighted by atomic mass is 10.3. The summed E-state index contributed by atoms with van der Waals surface area (Å²) in [6.45, 7) is 13.0. The van der Waals surface area contributed by atoms with Gasteiger partial charge in [0.2, 0.25) is 0 Å². The number of hydrogen-bond donors (Lipinski definition) is 0. The lowest BCUT2D eigenvalue weighted by Gasteiger charge is -2.03. The third-order valence-corrected chi connectivity index (χ3v) is 1.95. The molecule has 0 aromatic carbocycles. The molecule has 0 spiro atoms. The van der Waals surface area contributed by atoms with Crippen molar-refractivity contribution >= 4 is 14.3 Å². The van der Waals surface area contributed by atoms with Gasteiger partial charge in [0, 0.05) is 5.57 Å². The van der Waals surface area contributed by atoms with Crippen molar-refractivity contribution in [2.75, 3.05) is 6.54 Å². The van der Waals surface area contributed by atoms with Crippen molar-refractivity contribution in [1.82, 2.24) is 0 Å². The Morgan fingerprint density at radius 3 is 2.50 bits per heavy atom. The van der Waals surface area contributed by atoms with Crippen LogP contribution in [-0.4, -0.2) is 20.8 Å². The zero-order chi connectivity index (χ0) is 9.61. The molecule has 0 aromatic heterocycles. The molecule has 0 radical (unpaired) electrons. The summed E-state index contributed by atoms with van der Waals surface area (Å²) >= 11 is 0. The van der Waals surface area contributed by atoms with Crippen molar-refractivity contribution in [2.24, 2.45) is 4.99 Å². The Balaban J connectivity index is 4.05. The van der Waals surface area contributed by atoms with Gasteiger partial charge in [-0.3, -0.25) is 4.99 Å². The standard InChI is InChI=1S/C10H17NSi/c1-6-11-9-10(2)7-8-12(3,4)5/h6H,2,9H2,1,3-5H3/b11-6-. The van der Waals surface area contributed by atoms with Gasteiger partial charge < -0.3 is 0 Å². The summed E-state index contributed by atoms with van der Waals surface area (Å²) in [6, 6.07) is 0. The minimum atomic E-state index is -1.23. The molecule has 0 aliphatic heterocycles. The summed E-state index contributed by atoms with van der Waals surface area (Å²) in [5.74, 6) is 3.06. The fourth-order valence-corrected chi connectivity index (χ4v) is 1.07. The average Bonchev–Trinajstić information content (AvgIpc) is 1.95. The van der Waals surface area contributed by atoms with Gasteiger partial charge >= 0.3 is 0 Å². The quantitative estimate of drug-likeness (QED) is 0.351. The first-order valence-corrected chi connectivity index (χ1v) is 7.61. The van der Waals surface area contributed by atoms with Crippen LogP contribution >= 0.6 is 0 Å². The molecule has 2 heteroatoms. The molecule has 0 saturated heterocycles. The van der Waals surface area contributed by atoms with Crippen LogP contribution < -0.4 is 0 Å². The van der Waals surface area contributed by atoms with Crippen molar-refractivity contribution in [3.63, 3.8) is 0 Å². The Morgan fingerprint density at radius 2 is 2.08 bits per heavy atom. The minimum Gasteiger partial charge on any atom is -0.292 e. The fourth-order valence-electron chi connectivity index (χ4n) is 0.517. The van der Waals surface area contributed by atoms with Crippen LogP contribution in [0.25, 0.3) is 0 Å². The van der Waals surface area contributed by atoms with Gasteiger partial charge in [-0.05, 0) is 13.1 Å². The van der Waals surface area contributed by atoms with Crippen LogP contribution in [0.2, 0.25) is 19.6 Å². The molecule has 0 heterocycles. The molecule has 0 fully saturated rings. The third kappa shape index (κ3) is 7.30. The molecule has 0 N–H and O–H groups in total. The van der Waals surface area contributed by atoms with Gasteiger partial charge in [0.05, 0.1) is 6.54 Å². The summed E-state index contributed by atoms with van der Waals surface area (Å²) < 4.78 is 0. The molecule has 0 rings (SSSR count). The highest BCUT2D eigenvalue weighted by atomic mass is 28.3. The molecule has 12 heavy (non-hydrogen) atoms. The number of nitrogens with zero attached hydrogens (tertiary/aromatic N) is 1.